The van der Waals surface area contributed by atoms with Gasteiger partial charge in [0.05, 0.1) is 4.90 Å². The van der Waals surface area contributed by atoms with Gasteiger partial charge in [0.25, 0.3) is 0 Å². The fourth-order valence-electron chi connectivity index (χ4n) is 1.78. The van der Waals surface area contributed by atoms with Crippen molar-refractivity contribution >= 4 is 22.1 Å². The monoisotopic (exact) mass is 284 g/mol. The Morgan fingerprint density at radius 2 is 1.89 bits per heavy atom. The number of aldehydes is 1. The van der Waals surface area contributed by atoms with Crippen molar-refractivity contribution in [3.8, 4) is 0 Å². The van der Waals surface area contributed by atoms with Gasteiger partial charge in [0, 0.05) is 0 Å². The molecule has 1 atom stereocenters. The van der Waals surface area contributed by atoms with Crippen molar-refractivity contribution < 1.29 is 23.1 Å². The Kier molecular flexibility index (Phi) is 4.83. The molecule has 0 saturated carbocycles. The Labute approximate surface area is 112 Å². The largest absolute Gasteiger partial charge is 0.480 e. The number of rotatable bonds is 7. The van der Waals surface area contributed by atoms with Gasteiger partial charge in [0.2, 0.25) is 14.6 Å². The number of sulfone groups is 1. The fraction of sp³-hybridized carbons (Fsp3) is 0.385. The Bertz CT molecular complexity index is 550. The highest BCUT2D eigenvalue weighted by atomic mass is 32.2. The maximum Gasteiger partial charge on any atom is 0.332 e. The molecule has 104 valence electrons. The van der Waals surface area contributed by atoms with Crippen LogP contribution in [-0.2, 0) is 19.4 Å². The first-order valence-electron chi connectivity index (χ1n) is 5.92. The van der Waals surface area contributed by atoms with E-state index in [9.17, 15) is 23.1 Å². The Hall–Kier alpha value is -1.69. The van der Waals surface area contributed by atoms with E-state index in [0.717, 1.165) is 0 Å². The standard InChI is InChI=1S/C13H16O5S/c1-2-3-9-13(10-14,12(15)16)19(17,18)11-7-5-4-6-8-11/h4-8,10H,2-3,9H2,1H3,(H,15,16). The van der Waals surface area contributed by atoms with E-state index in [1.165, 1.54) is 24.3 Å². The van der Waals surface area contributed by atoms with Crippen LogP contribution < -0.4 is 0 Å². The zero-order valence-corrected chi connectivity index (χ0v) is 11.4. The average molecular weight is 284 g/mol. The summed E-state index contributed by atoms with van der Waals surface area (Å²) < 4.78 is 22.4. The molecule has 0 heterocycles. The second-order valence-electron chi connectivity index (χ2n) is 4.23. The highest BCUT2D eigenvalue weighted by Crippen LogP contribution is 2.29. The first-order chi connectivity index (χ1) is 8.92. The molecule has 0 aliphatic heterocycles. The highest BCUT2D eigenvalue weighted by molar-refractivity contribution is 7.94. The van der Waals surface area contributed by atoms with E-state index in [-0.39, 0.29) is 17.6 Å². The van der Waals surface area contributed by atoms with Crippen LogP contribution in [0.15, 0.2) is 35.2 Å². The molecule has 0 fully saturated rings. The lowest BCUT2D eigenvalue weighted by Gasteiger charge is -2.23. The van der Waals surface area contributed by atoms with Crippen molar-refractivity contribution in [2.45, 2.75) is 35.8 Å². The second-order valence-corrected chi connectivity index (χ2v) is 6.44. The van der Waals surface area contributed by atoms with Gasteiger partial charge in [-0.3, -0.25) is 4.79 Å². The van der Waals surface area contributed by atoms with Crippen LogP contribution in [0.4, 0.5) is 0 Å². The Balaban J connectivity index is 3.40. The average Bonchev–Trinajstić information content (AvgIpc) is 2.40. The number of carbonyl (C=O) groups is 2. The van der Waals surface area contributed by atoms with Gasteiger partial charge in [-0.15, -0.1) is 0 Å². The number of benzene rings is 1. The first kappa shape index (κ1) is 15.4. The summed E-state index contributed by atoms with van der Waals surface area (Å²) in [7, 11) is -4.25. The van der Waals surface area contributed by atoms with E-state index in [4.69, 9.17) is 0 Å². The second kappa shape index (κ2) is 5.97. The third-order valence-corrected chi connectivity index (χ3v) is 5.31. The zero-order chi connectivity index (χ0) is 14.5. The molecule has 0 radical (unpaired) electrons. The van der Waals surface area contributed by atoms with Crippen molar-refractivity contribution in [1.82, 2.24) is 0 Å². The minimum Gasteiger partial charge on any atom is -0.480 e. The molecule has 0 saturated heterocycles. The summed E-state index contributed by atoms with van der Waals surface area (Å²) in [5.74, 6) is -1.63. The fourth-order valence-corrected chi connectivity index (χ4v) is 3.48. The van der Waals surface area contributed by atoms with Crippen LogP contribution in [0.3, 0.4) is 0 Å². The van der Waals surface area contributed by atoms with Crippen molar-refractivity contribution in [2.75, 3.05) is 0 Å². The van der Waals surface area contributed by atoms with Gasteiger partial charge in [0.15, 0.2) is 6.29 Å². The van der Waals surface area contributed by atoms with Crippen LogP contribution in [0, 0.1) is 0 Å². The summed E-state index contributed by atoms with van der Waals surface area (Å²) >= 11 is 0. The zero-order valence-electron chi connectivity index (χ0n) is 10.6. The predicted octanol–water partition coefficient (Wildman–Crippen LogP) is 1.67. The lowest BCUT2D eigenvalue weighted by molar-refractivity contribution is -0.142. The van der Waals surface area contributed by atoms with Crippen molar-refractivity contribution in [3.63, 3.8) is 0 Å². The molecule has 0 aliphatic carbocycles. The van der Waals surface area contributed by atoms with Gasteiger partial charge in [0.1, 0.15) is 0 Å². The number of hydrogen-bond acceptors (Lipinski definition) is 4. The van der Waals surface area contributed by atoms with E-state index in [0.29, 0.717) is 12.8 Å². The van der Waals surface area contributed by atoms with Crippen LogP contribution in [-0.4, -0.2) is 30.5 Å². The van der Waals surface area contributed by atoms with E-state index in [2.05, 4.69) is 0 Å². The summed E-state index contributed by atoms with van der Waals surface area (Å²) in [6.07, 6.45) is 0.761. The van der Waals surface area contributed by atoms with Crippen LogP contribution in [0.5, 0.6) is 0 Å². The van der Waals surface area contributed by atoms with Crippen LogP contribution in [0.2, 0.25) is 0 Å². The van der Waals surface area contributed by atoms with Gasteiger partial charge in [-0.05, 0) is 18.6 Å². The maximum absolute atomic E-state index is 12.4. The molecule has 0 aliphatic rings. The molecule has 1 aromatic carbocycles. The number of carboxylic acid groups (broad SMARTS) is 1. The molecule has 0 amide bonds. The summed E-state index contributed by atoms with van der Waals surface area (Å²) in [6.45, 7) is 1.80. The lowest BCUT2D eigenvalue weighted by atomic mass is 10.0. The van der Waals surface area contributed by atoms with Crippen molar-refractivity contribution in [3.05, 3.63) is 30.3 Å². The number of hydrogen-bond donors (Lipinski definition) is 1. The third-order valence-electron chi connectivity index (χ3n) is 2.99. The van der Waals surface area contributed by atoms with Crippen LogP contribution in [0.1, 0.15) is 26.2 Å². The molecule has 1 aromatic rings. The van der Waals surface area contributed by atoms with E-state index < -0.39 is 20.6 Å². The first-order valence-corrected chi connectivity index (χ1v) is 7.40. The molecular weight excluding hydrogens is 268 g/mol. The Morgan fingerprint density at radius 3 is 2.32 bits per heavy atom. The number of carbonyl (C=O) groups excluding carboxylic acids is 1. The maximum atomic E-state index is 12.4. The molecule has 1 N–H and O–H groups in total. The molecule has 5 nitrogen and oxygen atoms in total. The molecule has 6 heteroatoms. The summed E-state index contributed by atoms with van der Waals surface area (Å²) in [5, 5.41) is 9.24. The highest BCUT2D eigenvalue weighted by Gasteiger charge is 2.51. The predicted molar refractivity (Wildman–Crippen MR) is 69.6 cm³/mol. The van der Waals surface area contributed by atoms with Crippen LogP contribution in [0.25, 0.3) is 0 Å². The van der Waals surface area contributed by atoms with E-state index >= 15 is 0 Å². The smallest absolute Gasteiger partial charge is 0.332 e. The number of unbranched alkanes of at least 4 members (excludes halogenated alkanes) is 1. The molecule has 1 rings (SSSR count). The molecule has 0 aromatic heterocycles. The molecule has 1 unspecified atom stereocenters. The normalized spacial score (nSPS) is 14.6. The quantitative estimate of drug-likeness (QED) is 0.607. The summed E-state index contributed by atoms with van der Waals surface area (Å²) in [5.41, 5.74) is 0. The molecular formula is C13H16O5S. The van der Waals surface area contributed by atoms with E-state index in [1.807, 2.05) is 0 Å². The minimum atomic E-state index is -4.25. The van der Waals surface area contributed by atoms with Gasteiger partial charge >= 0.3 is 5.97 Å². The van der Waals surface area contributed by atoms with Gasteiger partial charge < -0.3 is 9.90 Å². The molecule has 0 bridgehead atoms. The third kappa shape index (κ3) is 2.68. The number of carboxylic acids is 1. The molecule has 19 heavy (non-hydrogen) atoms. The van der Waals surface area contributed by atoms with Gasteiger partial charge in [-0.2, -0.15) is 0 Å². The lowest BCUT2D eigenvalue weighted by Crippen LogP contribution is -2.48. The van der Waals surface area contributed by atoms with Gasteiger partial charge in [-0.1, -0.05) is 38.0 Å². The van der Waals surface area contributed by atoms with E-state index in [1.54, 1.807) is 13.0 Å². The summed E-state index contributed by atoms with van der Waals surface area (Å²) in [4.78, 5) is 22.5. The minimum absolute atomic E-state index is 0.0350. The van der Waals surface area contributed by atoms with Crippen molar-refractivity contribution in [1.29, 1.82) is 0 Å². The summed E-state index contributed by atoms with van der Waals surface area (Å²) in [6, 6.07) is 7.19. The SMILES string of the molecule is CCCCC(C=O)(C(=O)O)S(=O)(=O)c1ccccc1. The van der Waals surface area contributed by atoms with Gasteiger partial charge in [-0.25, -0.2) is 8.42 Å². The molecule has 0 spiro atoms. The number of aliphatic carboxylic acids is 1. The Morgan fingerprint density at radius 1 is 1.32 bits per heavy atom. The van der Waals surface area contributed by atoms with Crippen molar-refractivity contribution in [2.24, 2.45) is 0 Å². The van der Waals surface area contributed by atoms with Crippen LogP contribution >= 0.6 is 0 Å². The topological polar surface area (TPSA) is 88.5 Å².